The van der Waals surface area contributed by atoms with Crippen LogP contribution in [-0.2, 0) is 0 Å². The Hall–Kier alpha value is -1.58. The van der Waals surface area contributed by atoms with Crippen molar-refractivity contribution in [2.24, 2.45) is 0 Å². The van der Waals surface area contributed by atoms with Crippen LogP contribution in [0.2, 0.25) is 5.02 Å². The lowest BCUT2D eigenvalue weighted by atomic mass is 10.1. The Morgan fingerprint density at radius 3 is 2.50 bits per heavy atom. The SMILES string of the molecule is OC(COc1ccccc1Cl)c1ccccc1F. The fourth-order valence-electron chi connectivity index (χ4n) is 1.57. The van der Waals surface area contributed by atoms with E-state index < -0.39 is 11.9 Å². The molecule has 18 heavy (non-hydrogen) atoms. The summed E-state index contributed by atoms with van der Waals surface area (Å²) in [4.78, 5) is 0. The van der Waals surface area contributed by atoms with Gasteiger partial charge in [-0.2, -0.15) is 0 Å². The second-order valence-electron chi connectivity index (χ2n) is 3.78. The van der Waals surface area contributed by atoms with Crippen molar-refractivity contribution in [2.45, 2.75) is 6.10 Å². The monoisotopic (exact) mass is 266 g/mol. The van der Waals surface area contributed by atoms with E-state index in [0.717, 1.165) is 0 Å². The number of para-hydroxylation sites is 1. The van der Waals surface area contributed by atoms with Crippen LogP contribution in [0.1, 0.15) is 11.7 Å². The predicted molar refractivity (Wildman–Crippen MR) is 68.3 cm³/mol. The van der Waals surface area contributed by atoms with Crippen molar-refractivity contribution in [2.75, 3.05) is 6.61 Å². The Bertz CT molecular complexity index is 531. The van der Waals surface area contributed by atoms with Crippen molar-refractivity contribution in [3.63, 3.8) is 0 Å². The molecule has 2 nitrogen and oxygen atoms in total. The van der Waals surface area contributed by atoms with Crippen LogP contribution in [0.25, 0.3) is 0 Å². The maximum absolute atomic E-state index is 13.4. The van der Waals surface area contributed by atoms with Gasteiger partial charge in [0.05, 0.1) is 5.02 Å². The number of hydrogen-bond donors (Lipinski definition) is 1. The average molecular weight is 267 g/mol. The zero-order valence-corrected chi connectivity index (χ0v) is 10.3. The molecule has 0 aliphatic rings. The maximum Gasteiger partial charge on any atom is 0.138 e. The van der Waals surface area contributed by atoms with Crippen LogP contribution in [0.15, 0.2) is 48.5 Å². The normalized spacial score (nSPS) is 12.2. The van der Waals surface area contributed by atoms with Crippen LogP contribution in [0.4, 0.5) is 4.39 Å². The van der Waals surface area contributed by atoms with Crippen LogP contribution in [0.3, 0.4) is 0 Å². The van der Waals surface area contributed by atoms with Crippen molar-refractivity contribution in [1.29, 1.82) is 0 Å². The summed E-state index contributed by atoms with van der Waals surface area (Å²) in [6.45, 7) is -0.0509. The van der Waals surface area contributed by atoms with E-state index >= 15 is 0 Å². The zero-order valence-electron chi connectivity index (χ0n) is 9.51. The zero-order chi connectivity index (χ0) is 13.0. The summed E-state index contributed by atoms with van der Waals surface area (Å²) in [6, 6.07) is 13.0. The summed E-state index contributed by atoms with van der Waals surface area (Å²) in [6.07, 6.45) is -1.03. The molecule has 0 heterocycles. The standard InChI is InChI=1S/C14H12ClFO2/c15-11-6-2-4-8-14(11)18-9-13(17)10-5-1-3-7-12(10)16/h1-8,13,17H,9H2. The highest BCUT2D eigenvalue weighted by molar-refractivity contribution is 6.32. The first kappa shape index (κ1) is 12.9. The molecule has 0 aliphatic carbocycles. The van der Waals surface area contributed by atoms with Gasteiger partial charge in [0, 0.05) is 5.56 Å². The molecule has 0 spiro atoms. The smallest absolute Gasteiger partial charge is 0.138 e. The third-order valence-corrected chi connectivity index (χ3v) is 2.81. The largest absolute Gasteiger partial charge is 0.489 e. The van der Waals surface area contributed by atoms with Gasteiger partial charge in [0.15, 0.2) is 0 Å². The quantitative estimate of drug-likeness (QED) is 0.916. The van der Waals surface area contributed by atoms with E-state index in [1.54, 1.807) is 36.4 Å². The first-order valence-electron chi connectivity index (χ1n) is 5.48. The molecular formula is C14H12ClFO2. The lowest BCUT2D eigenvalue weighted by Gasteiger charge is -2.14. The lowest BCUT2D eigenvalue weighted by Crippen LogP contribution is -2.11. The molecule has 2 rings (SSSR count). The molecule has 0 saturated carbocycles. The first-order valence-corrected chi connectivity index (χ1v) is 5.86. The summed E-state index contributed by atoms with van der Waals surface area (Å²) in [7, 11) is 0. The molecule has 1 atom stereocenters. The fraction of sp³-hybridized carbons (Fsp3) is 0.143. The van der Waals surface area contributed by atoms with E-state index in [-0.39, 0.29) is 12.2 Å². The predicted octanol–water partition coefficient (Wildman–Crippen LogP) is 3.59. The molecule has 4 heteroatoms. The van der Waals surface area contributed by atoms with Crippen LogP contribution >= 0.6 is 11.6 Å². The number of hydrogen-bond acceptors (Lipinski definition) is 2. The first-order chi connectivity index (χ1) is 8.68. The van der Waals surface area contributed by atoms with E-state index in [1.807, 2.05) is 0 Å². The van der Waals surface area contributed by atoms with Gasteiger partial charge < -0.3 is 9.84 Å². The molecule has 0 saturated heterocycles. The second kappa shape index (κ2) is 5.85. The summed E-state index contributed by atoms with van der Waals surface area (Å²) in [5, 5.41) is 10.3. The van der Waals surface area contributed by atoms with E-state index in [4.69, 9.17) is 16.3 Å². The number of aliphatic hydroxyl groups is 1. The minimum atomic E-state index is -1.03. The molecule has 0 amide bonds. The minimum absolute atomic E-state index is 0.0509. The molecule has 2 aromatic carbocycles. The molecule has 1 unspecified atom stereocenters. The van der Waals surface area contributed by atoms with Crippen molar-refractivity contribution >= 4 is 11.6 Å². The maximum atomic E-state index is 13.4. The van der Waals surface area contributed by atoms with Crippen molar-refractivity contribution < 1.29 is 14.2 Å². The minimum Gasteiger partial charge on any atom is -0.489 e. The number of rotatable bonds is 4. The van der Waals surface area contributed by atoms with Gasteiger partial charge in [-0.1, -0.05) is 41.9 Å². The van der Waals surface area contributed by atoms with Crippen molar-refractivity contribution in [1.82, 2.24) is 0 Å². The summed E-state index contributed by atoms with van der Waals surface area (Å²) in [5.41, 5.74) is 0.213. The van der Waals surface area contributed by atoms with E-state index in [1.165, 1.54) is 12.1 Å². The average Bonchev–Trinajstić information content (AvgIpc) is 2.38. The van der Waals surface area contributed by atoms with E-state index in [0.29, 0.717) is 10.8 Å². The molecule has 0 fully saturated rings. The number of aliphatic hydroxyl groups excluding tert-OH is 1. The van der Waals surface area contributed by atoms with Crippen LogP contribution in [0, 0.1) is 5.82 Å². The van der Waals surface area contributed by atoms with Crippen LogP contribution in [-0.4, -0.2) is 11.7 Å². The number of halogens is 2. The number of ether oxygens (including phenoxy) is 1. The van der Waals surface area contributed by atoms with Crippen LogP contribution in [0.5, 0.6) is 5.75 Å². The van der Waals surface area contributed by atoms with Gasteiger partial charge in [-0.3, -0.25) is 0 Å². The Kier molecular flexibility index (Phi) is 4.18. The third-order valence-electron chi connectivity index (χ3n) is 2.50. The highest BCUT2D eigenvalue weighted by Gasteiger charge is 2.13. The Labute approximate surface area is 110 Å². The van der Waals surface area contributed by atoms with Crippen molar-refractivity contribution in [3.8, 4) is 5.75 Å². The summed E-state index contributed by atoms with van der Waals surface area (Å²) < 4.78 is 18.8. The van der Waals surface area contributed by atoms with Gasteiger partial charge in [-0.15, -0.1) is 0 Å². The molecule has 0 aromatic heterocycles. The second-order valence-corrected chi connectivity index (χ2v) is 4.19. The molecule has 2 aromatic rings. The fourth-order valence-corrected chi connectivity index (χ4v) is 1.76. The Morgan fingerprint density at radius 2 is 1.78 bits per heavy atom. The molecule has 94 valence electrons. The molecular weight excluding hydrogens is 255 g/mol. The molecule has 0 bridgehead atoms. The van der Waals surface area contributed by atoms with E-state index in [9.17, 15) is 9.50 Å². The summed E-state index contributed by atoms with van der Waals surface area (Å²) >= 11 is 5.90. The van der Waals surface area contributed by atoms with Gasteiger partial charge in [-0.25, -0.2) is 4.39 Å². The Balaban J connectivity index is 2.03. The third kappa shape index (κ3) is 3.00. The summed E-state index contributed by atoms with van der Waals surface area (Å²) in [5.74, 6) is 0.0160. The van der Waals surface area contributed by atoms with Crippen molar-refractivity contribution in [3.05, 3.63) is 64.9 Å². The molecule has 0 radical (unpaired) electrons. The van der Waals surface area contributed by atoms with Gasteiger partial charge in [0.2, 0.25) is 0 Å². The molecule has 0 aliphatic heterocycles. The lowest BCUT2D eigenvalue weighted by molar-refractivity contribution is 0.105. The topological polar surface area (TPSA) is 29.5 Å². The van der Waals surface area contributed by atoms with Crippen LogP contribution < -0.4 is 4.74 Å². The highest BCUT2D eigenvalue weighted by Crippen LogP contribution is 2.25. The van der Waals surface area contributed by atoms with Gasteiger partial charge in [0.1, 0.15) is 24.3 Å². The highest BCUT2D eigenvalue weighted by atomic mass is 35.5. The molecule has 1 N–H and O–H groups in total. The Morgan fingerprint density at radius 1 is 1.11 bits per heavy atom. The van der Waals surface area contributed by atoms with Gasteiger partial charge in [0.25, 0.3) is 0 Å². The number of benzene rings is 2. The van der Waals surface area contributed by atoms with E-state index in [2.05, 4.69) is 0 Å². The van der Waals surface area contributed by atoms with Gasteiger partial charge >= 0.3 is 0 Å². The van der Waals surface area contributed by atoms with Gasteiger partial charge in [-0.05, 0) is 18.2 Å².